The number of anilines is 2. The Morgan fingerprint density at radius 2 is 1.94 bits per heavy atom. The summed E-state index contributed by atoms with van der Waals surface area (Å²) in [5, 5.41) is 13.1. The highest BCUT2D eigenvalue weighted by molar-refractivity contribution is 6.08. The first-order valence-corrected chi connectivity index (χ1v) is 9.62. The molecule has 8 nitrogen and oxygen atoms in total. The van der Waals surface area contributed by atoms with Gasteiger partial charge in [-0.05, 0) is 36.2 Å². The molecule has 0 fully saturated rings. The van der Waals surface area contributed by atoms with Crippen LogP contribution in [0.3, 0.4) is 0 Å². The number of aliphatic hydroxyl groups is 1. The van der Waals surface area contributed by atoms with E-state index >= 15 is 0 Å². The second-order valence-corrected chi connectivity index (χ2v) is 7.29. The molecule has 4 aromatic rings. The van der Waals surface area contributed by atoms with Gasteiger partial charge in [0.2, 0.25) is 0 Å². The van der Waals surface area contributed by atoms with Crippen molar-refractivity contribution < 1.29 is 9.90 Å². The maximum absolute atomic E-state index is 11.9. The predicted molar refractivity (Wildman–Crippen MR) is 121 cm³/mol. The number of amides is 1. The molecule has 0 aliphatic rings. The van der Waals surface area contributed by atoms with Crippen LogP contribution in [0.5, 0.6) is 0 Å². The molecular formula is C23H22N6O2. The lowest BCUT2D eigenvalue weighted by molar-refractivity contribution is -0.112. The van der Waals surface area contributed by atoms with Crippen molar-refractivity contribution in [1.29, 1.82) is 0 Å². The van der Waals surface area contributed by atoms with E-state index in [1.807, 2.05) is 41.9 Å². The van der Waals surface area contributed by atoms with Crippen molar-refractivity contribution in [2.45, 2.75) is 13.5 Å². The fourth-order valence-corrected chi connectivity index (χ4v) is 3.55. The van der Waals surface area contributed by atoms with Crippen LogP contribution in [0.15, 0.2) is 61.2 Å². The number of benzene rings is 1. The summed E-state index contributed by atoms with van der Waals surface area (Å²) in [6.07, 6.45) is 4.78. The van der Waals surface area contributed by atoms with Gasteiger partial charge in [-0.2, -0.15) is 0 Å². The third-order valence-corrected chi connectivity index (χ3v) is 5.07. The van der Waals surface area contributed by atoms with Crippen molar-refractivity contribution in [1.82, 2.24) is 19.5 Å². The van der Waals surface area contributed by atoms with E-state index in [-0.39, 0.29) is 12.5 Å². The Balaban J connectivity index is 1.92. The van der Waals surface area contributed by atoms with E-state index in [0.29, 0.717) is 28.3 Å². The number of aryl methyl sites for hydroxylation is 1. The number of nitrogens with one attached hydrogen (secondary N) is 1. The number of nitrogens with zero attached hydrogens (tertiary/aromatic N) is 4. The molecule has 0 aliphatic heterocycles. The molecule has 0 saturated heterocycles. The number of rotatable bonds is 5. The third kappa shape index (κ3) is 3.64. The fourth-order valence-electron chi connectivity index (χ4n) is 3.55. The number of hydrogen-bond donors (Lipinski definition) is 3. The summed E-state index contributed by atoms with van der Waals surface area (Å²) in [6.45, 7) is 5.19. The summed E-state index contributed by atoms with van der Waals surface area (Å²) < 4.78 is 1.95. The van der Waals surface area contributed by atoms with Crippen molar-refractivity contribution in [3.63, 3.8) is 0 Å². The van der Waals surface area contributed by atoms with E-state index in [1.54, 1.807) is 19.3 Å². The highest BCUT2D eigenvalue weighted by atomic mass is 16.3. The molecule has 1 aromatic carbocycles. The maximum Gasteiger partial charge on any atom is 0.250 e. The van der Waals surface area contributed by atoms with Crippen molar-refractivity contribution >= 4 is 28.4 Å². The van der Waals surface area contributed by atoms with E-state index in [4.69, 9.17) is 5.73 Å². The molecule has 4 rings (SSSR count). The van der Waals surface area contributed by atoms with E-state index in [2.05, 4.69) is 26.8 Å². The smallest absolute Gasteiger partial charge is 0.250 e. The van der Waals surface area contributed by atoms with Crippen molar-refractivity contribution in [2.24, 2.45) is 7.05 Å². The van der Waals surface area contributed by atoms with Crippen LogP contribution in [0.1, 0.15) is 12.5 Å². The van der Waals surface area contributed by atoms with Crippen LogP contribution in [0.2, 0.25) is 0 Å². The summed E-state index contributed by atoms with van der Waals surface area (Å²) >= 11 is 0. The van der Waals surface area contributed by atoms with Crippen molar-refractivity contribution in [3.05, 3.63) is 66.8 Å². The minimum atomic E-state index is -0.229. The lowest BCUT2D eigenvalue weighted by atomic mass is 9.99. The molecule has 1 amide bonds. The Bertz CT molecular complexity index is 1310. The monoisotopic (exact) mass is 414 g/mol. The molecule has 0 unspecified atom stereocenters. The molecule has 0 bridgehead atoms. The summed E-state index contributed by atoms with van der Waals surface area (Å²) in [5.41, 5.74) is 12.1. The minimum absolute atomic E-state index is 0.121. The zero-order valence-electron chi connectivity index (χ0n) is 17.3. The topological polar surface area (TPSA) is 119 Å². The third-order valence-electron chi connectivity index (χ3n) is 5.07. The molecule has 4 N–H and O–H groups in total. The highest BCUT2D eigenvalue weighted by Crippen LogP contribution is 2.41. The Morgan fingerprint density at radius 1 is 1.19 bits per heavy atom. The van der Waals surface area contributed by atoms with E-state index in [0.717, 1.165) is 27.8 Å². The first-order valence-electron chi connectivity index (χ1n) is 9.62. The molecule has 0 saturated carbocycles. The lowest BCUT2D eigenvalue weighted by Crippen LogP contribution is -2.11. The summed E-state index contributed by atoms with van der Waals surface area (Å²) in [6, 6.07) is 9.36. The molecule has 3 aromatic heterocycles. The Morgan fingerprint density at radius 3 is 2.61 bits per heavy atom. The average Bonchev–Trinajstić information content (AvgIpc) is 3.08. The van der Waals surface area contributed by atoms with Crippen LogP contribution in [-0.4, -0.2) is 30.5 Å². The Hall–Kier alpha value is -4.04. The quantitative estimate of drug-likeness (QED) is 0.431. The van der Waals surface area contributed by atoms with Crippen LogP contribution >= 0.6 is 0 Å². The largest absolute Gasteiger partial charge is 0.392 e. The van der Waals surface area contributed by atoms with Crippen molar-refractivity contribution in [2.75, 3.05) is 11.1 Å². The Kier molecular flexibility index (Phi) is 5.22. The van der Waals surface area contributed by atoms with Crippen molar-refractivity contribution in [3.8, 4) is 22.4 Å². The standard InChI is InChI=1S/C23H22N6O2/c1-13(2)23(31)28-17-6-4-15(5-7-17)20-18(16-8-14(11-30)9-25-10-16)19-21(24)26-12-27-22(19)29(20)3/h4-10,12,30H,1,11H2,2-3H3,(H,28,31)(H2,24,26,27). The molecule has 156 valence electrons. The molecule has 0 spiro atoms. The molecule has 8 heteroatoms. The van der Waals surface area contributed by atoms with Crippen LogP contribution in [0.25, 0.3) is 33.4 Å². The minimum Gasteiger partial charge on any atom is -0.392 e. The molecule has 0 radical (unpaired) electrons. The summed E-state index contributed by atoms with van der Waals surface area (Å²) in [4.78, 5) is 24.8. The number of nitrogens with two attached hydrogens (primary N) is 1. The number of aliphatic hydroxyl groups excluding tert-OH is 1. The second kappa shape index (κ2) is 8.00. The van der Waals surface area contributed by atoms with E-state index < -0.39 is 0 Å². The predicted octanol–water partition coefficient (Wildman–Crippen LogP) is 3.29. The molecule has 0 atom stereocenters. The number of nitrogen functional groups attached to an aromatic ring is 1. The molecular weight excluding hydrogens is 392 g/mol. The van der Waals surface area contributed by atoms with Gasteiger partial charge in [0.15, 0.2) is 0 Å². The Labute approximate surface area is 179 Å². The molecule has 31 heavy (non-hydrogen) atoms. The zero-order chi connectivity index (χ0) is 22.1. The SMILES string of the molecule is C=C(C)C(=O)Nc1ccc(-c2c(-c3cncc(CO)c3)c3c(N)ncnc3n2C)cc1. The van der Waals surface area contributed by atoms with Crippen LogP contribution in [-0.2, 0) is 18.4 Å². The zero-order valence-corrected chi connectivity index (χ0v) is 17.3. The number of fused-ring (bicyclic) bond motifs is 1. The first-order chi connectivity index (χ1) is 14.9. The van der Waals surface area contributed by atoms with Gasteiger partial charge in [0.05, 0.1) is 17.7 Å². The highest BCUT2D eigenvalue weighted by Gasteiger charge is 2.22. The number of hydrogen-bond acceptors (Lipinski definition) is 6. The fraction of sp³-hybridized carbons (Fsp3) is 0.130. The van der Waals surface area contributed by atoms with Gasteiger partial charge in [0.25, 0.3) is 5.91 Å². The normalized spacial score (nSPS) is 10.9. The van der Waals surface area contributed by atoms with Crippen LogP contribution in [0, 0.1) is 0 Å². The van der Waals surface area contributed by atoms with E-state index in [1.165, 1.54) is 6.33 Å². The van der Waals surface area contributed by atoms with Gasteiger partial charge in [-0.25, -0.2) is 9.97 Å². The summed E-state index contributed by atoms with van der Waals surface area (Å²) in [5.74, 6) is 0.134. The average molecular weight is 414 g/mol. The molecule has 0 aliphatic carbocycles. The second-order valence-electron chi connectivity index (χ2n) is 7.29. The van der Waals surface area contributed by atoms with E-state index in [9.17, 15) is 9.90 Å². The van der Waals surface area contributed by atoms with Gasteiger partial charge in [0, 0.05) is 41.8 Å². The first kappa shape index (κ1) is 20.2. The van der Waals surface area contributed by atoms with Gasteiger partial charge >= 0.3 is 0 Å². The maximum atomic E-state index is 11.9. The number of carbonyl (C=O) groups excluding carboxylic acids is 1. The van der Waals surface area contributed by atoms with Gasteiger partial charge < -0.3 is 20.7 Å². The van der Waals surface area contributed by atoms with Gasteiger partial charge in [0.1, 0.15) is 17.8 Å². The molecule has 3 heterocycles. The van der Waals surface area contributed by atoms with Gasteiger partial charge in [-0.3, -0.25) is 9.78 Å². The summed E-state index contributed by atoms with van der Waals surface area (Å²) in [7, 11) is 1.91. The number of pyridine rings is 1. The van der Waals surface area contributed by atoms with Crippen LogP contribution in [0.4, 0.5) is 11.5 Å². The lowest BCUT2D eigenvalue weighted by Gasteiger charge is -2.11. The van der Waals surface area contributed by atoms with Crippen LogP contribution < -0.4 is 11.1 Å². The van der Waals surface area contributed by atoms with Gasteiger partial charge in [-0.15, -0.1) is 0 Å². The number of carbonyl (C=O) groups is 1. The number of aromatic nitrogens is 4. The van der Waals surface area contributed by atoms with Gasteiger partial charge in [-0.1, -0.05) is 18.7 Å².